The van der Waals surface area contributed by atoms with Gasteiger partial charge in [-0.2, -0.15) is 0 Å². The number of hydrogen-bond acceptors (Lipinski definition) is 4. The summed E-state index contributed by atoms with van der Waals surface area (Å²) in [6.45, 7) is 7.58. The second-order valence-corrected chi connectivity index (χ2v) is 5.83. The van der Waals surface area contributed by atoms with Gasteiger partial charge < -0.3 is 15.7 Å². The summed E-state index contributed by atoms with van der Waals surface area (Å²) in [5, 5.41) is 9.75. The topological polar surface area (TPSA) is 79.5 Å². The summed E-state index contributed by atoms with van der Waals surface area (Å²) in [4.78, 5) is 18.0. The lowest BCUT2D eigenvalue weighted by Crippen LogP contribution is -2.39. The molecule has 0 aromatic carbocycles. The van der Waals surface area contributed by atoms with Crippen LogP contribution in [-0.2, 0) is 0 Å². The third-order valence-corrected chi connectivity index (χ3v) is 2.67. The zero-order valence-electron chi connectivity index (χ0n) is 12.3. The molecule has 1 amide bonds. The fourth-order valence-corrected chi connectivity index (χ4v) is 1.87. The molecule has 0 atom stereocenters. The van der Waals surface area contributed by atoms with Crippen LogP contribution in [0.3, 0.4) is 0 Å². The average molecular weight is 265 g/mol. The Morgan fingerprint density at radius 2 is 2.05 bits per heavy atom. The first-order chi connectivity index (χ1) is 8.60. The molecule has 19 heavy (non-hydrogen) atoms. The number of nitrogens with two attached hydrogens (primary N) is 1. The van der Waals surface area contributed by atoms with Crippen LogP contribution in [0, 0.1) is 0 Å². The SMILES string of the molecule is CC(C)c1cc(C(=O)N(C)CC(C)(C)O)cc(N)n1. The minimum atomic E-state index is -0.927. The third kappa shape index (κ3) is 4.52. The van der Waals surface area contributed by atoms with Gasteiger partial charge in [0.05, 0.1) is 5.60 Å². The van der Waals surface area contributed by atoms with Gasteiger partial charge in [-0.05, 0) is 31.9 Å². The highest BCUT2D eigenvalue weighted by atomic mass is 16.3. The zero-order chi connectivity index (χ0) is 14.8. The van der Waals surface area contributed by atoms with Crippen molar-refractivity contribution in [3.8, 4) is 0 Å². The largest absolute Gasteiger partial charge is 0.389 e. The fraction of sp³-hybridized carbons (Fsp3) is 0.571. The lowest BCUT2D eigenvalue weighted by atomic mass is 10.1. The Kier molecular flexibility index (Phi) is 4.52. The maximum atomic E-state index is 12.3. The van der Waals surface area contributed by atoms with Gasteiger partial charge in [-0.25, -0.2) is 4.98 Å². The second-order valence-electron chi connectivity index (χ2n) is 5.83. The first kappa shape index (κ1) is 15.4. The van der Waals surface area contributed by atoms with E-state index in [1.54, 1.807) is 33.0 Å². The van der Waals surface area contributed by atoms with Crippen LogP contribution in [-0.4, -0.2) is 40.1 Å². The van der Waals surface area contributed by atoms with Crippen LogP contribution in [0.25, 0.3) is 0 Å². The molecule has 0 radical (unpaired) electrons. The van der Waals surface area contributed by atoms with E-state index in [-0.39, 0.29) is 18.4 Å². The lowest BCUT2D eigenvalue weighted by Gasteiger charge is -2.25. The molecular formula is C14H23N3O2. The maximum absolute atomic E-state index is 12.3. The van der Waals surface area contributed by atoms with Crippen molar-refractivity contribution >= 4 is 11.7 Å². The number of carbonyl (C=O) groups is 1. The molecule has 5 heteroatoms. The van der Waals surface area contributed by atoms with E-state index in [2.05, 4.69) is 4.98 Å². The number of amides is 1. The van der Waals surface area contributed by atoms with Crippen molar-refractivity contribution < 1.29 is 9.90 Å². The number of rotatable bonds is 4. The maximum Gasteiger partial charge on any atom is 0.253 e. The van der Waals surface area contributed by atoms with Gasteiger partial charge in [-0.3, -0.25) is 4.79 Å². The molecule has 1 aromatic heterocycles. The van der Waals surface area contributed by atoms with E-state index >= 15 is 0 Å². The van der Waals surface area contributed by atoms with Crippen molar-refractivity contribution in [2.75, 3.05) is 19.3 Å². The first-order valence-electron chi connectivity index (χ1n) is 6.35. The summed E-state index contributed by atoms with van der Waals surface area (Å²) < 4.78 is 0. The molecule has 106 valence electrons. The molecule has 0 aliphatic heterocycles. The minimum Gasteiger partial charge on any atom is -0.389 e. The Morgan fingerprint density at radius 3 is 2.53 bits per heavy atom. The summed E-state index contributed by atoms with van der Waals surface area (Å²) in [7, 11) is 1.66. The molecule has 1 aromatic rings. The van der Waals surface area contributed by atoms with Gasteiger partial charge in [0, 0.05) is 24.8 Å². The van der Waals surface area contributed by atoms with Crippen molar-refractivity contribution in [2.24, 2.45) is 0 Å². The summed E-state index contributed by atoms with van der Waals surface area (Å²) >= 11 is 0. The second kappa shape index (κ2) is 5.57. The number of aromatic nitrogens is 1. The van der Waals surface area contributed by atoms with E-state index < -0.39 is 5.60 Å². The Morgan fingerprint density at radius 1 is 1.47 bits per heavy atom. The Bertz CT molecular complexity index is 464. The van der Waals surface area contributed by atoms with Crippen LogP contribution in [0.5, 0.6) is 0 Å². The van der Waals surface area contributed by atoms with Crippen molar-refractivity contribution in [3.63, 3.8) is 0 Å². The molecule has 1 rings (SSSR count). The molecule has 0 unspecified atom stereocenters. The zero-order valence-corrected chi connectivity index (χ0v) is 12.3. The number of nitrogens with zero attached hydrogens (tertiary/aromatic N) is 2. The van der Waals surface area contributed by atoms with E-state index in [1.807, 2.05) is 13.8 Å². The number of pyridine rings is 1. The van der Waals surface area contributed by atoms with Crippen molar-refractivity contribution in [1.82, 2.24) is 9.88 Å². The smallest absolute Gasteiger partial charge is 0.253 e. The Balaban J connectivity index is 2.99. The summed E-state index contributed by atoms with van der Waals surface area (Å²) in [6, 6.07) is 3.32. The van der Waals surface area contributed by atoms with E-state index in [1.165, 1.54) is 4.90 Å². The van der Waals surface area contributed by atoms with Gasteiger partial charge in [0.25, 0.3) is 5.91 Å². The molecule has 5 nitrogen and oxygen atoms in total. The molecule has 1 heterocycles. The van der Waals surface area contributed by atoms with Gasteiger partial charge in [-0.1, -0.05) is 13.8 Å². The molecule has 0 fully saturated rings. The number of carbonyl (C=O) groups excluding carboxylic acids is 1. The molecular weight excluding hydrogens is 242 g/mol. The van der Waals surface area contributed by atoms with Crippen molar-refractivity contribution in [3.05, 3.63) is 23.4 Å². The predicted octanol–water partition coefficient (Wildman–Crippen LogP) is 1.63. The summed E-state index contributed by atoms with van der Waals surface area (Å²) in [5.41, 5.74) is 6.10. The predicted molar refractivity (Wildman–Crippen MR) is 76.0 cm³/mol. The number of likely N-dealkylation sites (N-methyl/N-ethyl adjacent to an activating group) is 1. The molecule has 0 spiro atoms. The van der Waals surface area contributed by atoms with Crippen molar-refractivity contribution in [2.45, 2.75) is 39.2 Å². The van der Waals surface area contributed by atoms with E-state index in [0.29, 0.717) is 11.4 Å². The third-order valence-electron chi connectivity index (χ3n) is 2.67. The van der Waals surface area contributed by atoms with Gasteiger partial charge in [0.15, 0.2) is 0 Å². The highest BCUT2D eigenvalue weighted by Crippen LogP contribution is 2.17. The quantitative estimate of drug-likeness (QED) is 0.867. The Labute approximate surface area is 114 Å². The number of hydrogen-bond donors (Lipinski definition) is 2. The van der Waals surface area contributed by atoms with Gasteiger partial charge in [0.2, 0.25) is 0 Å². The molecule has 0 bridgehead atoms. The lowest BCUT2D eigenvalue weighted by molar-refractivity contribution is 0.0368. The highest BCUT2D eigenvalue weighted by molar-refractivity contribution is 5.94. The Hall–Kier alpha value is -1.62. The van der Waals surface area contributed by atoms with Crippen molar-refractivity contribution in [1.29, 1.82) is 0 Å². The number of nitrogen functional groups attached to an aromatic ring is 1. The fourth-order valence-electron chi connectivity index (χ4n) is 1.87. The van der Waals surface area contributed by atoms with Crippen LogP contribution < -0.4 is 5.73 Å². The van der Waals surface area contributed by atoms with Crippen LogP contribution in [0.15, 0.2) is 12.1 Å². The van der Waals surface area contributed by atoms with E-state index in [9.17, 15) is 9.90 Å². The molecule has 3 N–H and O–H groups in total. The molecule has 0 aliphatic carbocycles. The standard InChI is InChI=1S/C14H23N3O2/c1-9(2)11-6-10(7-12(15)16-11)13(18)17(5)8-14(3,4)19/h6-7,9,19H,8H2,1-5H3,(H2,15,16). The first-order valence-corrected chi connectivity index (χ1v) is 6.35. The van der Waals surface area contributed by atoms with E-state index in [4.69, 9.17) is 5.73 Å². The summed E-state index contributed by atoms with van der Waals surface area (Å²) in [6.07, 6.45) is 0. The number of aliphatic hydroxyl groups is 1. The summed E-state index contributed by atoms with van der Waals surface area (Å²) in [5.74, 6) is 0.374. The monoisotopic (exact) mass is 265 g/mol. The highest BCUT2D eigenvalue weighted by Gasteiger charge is 2.21. The van der Waals surface area contributed by atoms with Crippen LogP contribution in [0.2, 0.25) is 0 Å². The average Bonchev–Trinajstić information content (AvgIpc) is 2.24. The van der Waals surface area contributed by atoms with Gasteiger partial charge >= 0.3 is 0 Å². The minimum absolute atomic E-state index is 0.168. The van der Waals surface area contributed by atoms with E-state index in [0.717, 1.165) is 5.69 Å². The molecule has 0 saturated carbocycles. The van der Waals surface area contributed by atoms with Crippen LogP contribution in [0.1, 0.15) is 49.7 Å². The molecule has 0 saturated heterocycles. The normalized spacial score (nSPS) is 11.7. The van der Waals surface area contributed by atoms with Crippen LogP contribution >= 0.6 is 0 Å². The van der Waals surface area contributed by atoms with Crippen LogP contribution in [0.4, 0.5) is 5.82 Å². The number of anilines is 1. The molecule has 0 aliphatic rings. The van der Waals surface area contributed by atoms with Gasteiger partial charge in [0.1, 0.15) is 5.82 Å². The van der Waals surface area contributed by atoms with Gasteiger partial charge in [-0.15, -0.1) is 0 Å².